The van der Waals surface area contributed by atoms with E-state index in [1.165, 1.54) is 23.7 Å². The van der Waals surface area contributed by atoms with Crippen LogP contribution < -0.4 is 5.32 Å². The zero-order valence-electron chi connectivity index (χ0n) is 7.97. The number of aryl methyl sites for hydroxylation is 1. The Kier molecular flexibility index (Phi) is 2.68. The Hall–Kier alpha value is -1.82. The summed E-state index contributed by atoms with van der Waals surface area (Å²) in [5.41, 5.74) is 2.36. The van der Waals surface area contributed by atoms with Gasteiger partial charge in [0, 0.05) is 12.4 Å². The summed E-state index contributed by atoms with van der Waals surface area (Å²) in [5.74, 6) is 0.241. The largest absolute Gasteiger partial charge is 0.305 e. The molecule has 1 N–H and O–H groups in total. The number of nitrogens with one attached hydrogen (secondary N) is 1. The van der Waals surface area contributed by atoms with Crippen LogP contribution >= 0.6 is 11.3 Å². The summed E-state index contributed by atoms with van der Waals surface area (Å²) < 4.78 is 0. The molecule has 2 aromatic rings. The molecule has 0 aliphatic carbocycles. The van der Waals surface area contributed by atoms with Crippen LogP contribution in [-0.4, -0.2) is 20.9 Å². The van der Waals surface area contributed by atoms with Crippen molar-refractivity contribution in [2.24, 2.45) is 0 Å². The molecule has 15 heavy (non-hydrogen) atoms. The lowest BCUT2D eigenvalue weighted by molar-refractivity contribution is 0.102. The highest BCUT2D eigenvalue weighted by Gasteiger charge is 2.11. The van der Waals surface area contributed by atoms with Gasteiger partial charge in [0.15, 0.2) is 5.82 Å². The highest BCUT2D eigenvalue weighted by atomic mass is 32.1. The van der Waals surface area contributed by atoms with Crippen LogP contribution in [-0.2, 0) is 0 Å². The molecule has 76 valence electrons. The predicted octanol–water partition coefficient (Wildman–Crippen LogP) is 1.49. The predicted molar refractivity (Wildman–Crippen MR) is 56.8 cm³/mol. The number of rotatable bonds is 2. The first-order chi connectivity index (χ1) is 7.27. The maximum absolute atomic E-state index is 11.7. The molecule has 0 saturated heterocycles. The second kappa shape index (κ2) is 4.14. The van der Waals surface area contributed by atoms with Crippen LogP contribution in [0.25, 0.3) is 0 Å². The van der Waals surface area contributed by atoms with Crippen molar-refractivity contribution in [2.45, 2.75) is 6.92 Å². The van der Waals surface area contributed by atoms with Gasteiger partial charge in [-0.1, -0.05) is 0 Å². The van der Waals surface area contributed by atoms with Gasteiger partial charge in [0.2, 0.25) is 0 Å². The second-order valence-corrected chi connectivity index (χ2v) is 3.67. The van der Waals surface area contributed by atoms with E-state index in [9.17, 15) is 4.79 Å². The van der Waals surface area contributed by atoms with E-state index in [1.807, 2.05) is 0 Å². The molecule has 0 saturated carbocycles. The third kappa shape index (κ3) is 2.16. The minimum Gasteiger partial charge on any atom is -0.305 e. The number of aromatic nitrogens is 3. The van der Waals surface area contributed by atoms with E-state index < -0.39 is 0 Å². The van der Waals surface area contributed by atoms with Gasteiger partial charge in [0.25, 0.3) is 5.91 Å². The van der Waals surface area contributed by atoms with Gasteiger partial charge in [0.1, 0.15) is 4.88 Å². The second-order valence-electron chi connectivity index (χ2n) is 2.81. The Morgan fingerprint density at radius 3 is 2.87 bits per heavy atom. The fourth-order valence-electron chi connectivity index (χ4n) is 1.06. The average Bonchev–Trinajstić information content (AvgIpc) is 2.66. The molecule has 2 rings (SSSR count). The minimum atomic E-state index is -0.199. The zero-order valence-corrected chi connectivity index (χ0v) is 8.78. The summed E-state index contributed by atoms with van der Waals surface area (Å²) in [5, 5.41) is 2.64. The van der Waals surface area contributed by atoms with E-state index in [2.05, 4.69) is 20.3 Å². The van der Waals surface area contributed by atoms with Crippen LogP contribution in [0.4, 0.5) is 5.82 Å². The molecule has 6 heteroatoms. The molecule has 2 aromatic heterocycles. The van der Waals surface area contributed by atoms with E-state index in [4.69, 9.17) is 0 Å². The maximum Gasteiger partial charge on any atom is 0.268 e. The SMILES string of the molecule is Cc1ncsc1C(=O)Nc1cnccn1. The van der Waals surface area contributed by atoms with Crippen LogP contribution in [0, 0.1) is 6.92 Å². The van der Waals surface area contributed by atoms with Crippen LogP contribution in [0.2, 0.25) is 0 Å². The zero-order chi connectivity index (χ0) is 10.7. The standard InChI is InChI=1S/C9H8N4OS/c1-6-8(15-5-12-6)9(14)13-7-4-10-2-3-11-7/h2-5H,1H3,(H,11,13,14). The van der Waals surface area contributed by atoms with Crippen molar-refractivity contribution in [3.05, 3.63) is 34.7 Å². The topological polar surface area (TPSA) is 67.8 Å². The molecule has 0 aromatic carbocycles. The molecule has 5 nitrogen and oxygen atoms in total. The van der Waals surface area contributed by atoms with E-state index in [-0.39, 0.29) is 5.91 Å². The molecule has 1 amide bonds. The number of amides is 1. The van der Waals surface area contributed by atoms with E-state index >= 15 is 0 Å². The number of carbonyl (C=O) groups excluding carboxylic acids is 1. The highest BCUT2D eigenvalue weighted by molar-refractivity contribution is 7.12. The molecule has 0 bridgehead atoms. The van der Waals surface area contributed by atoms with Crippen LogP contribution in [0.15, 0.2) is 24.1 Å². The molecule has 2 heterocycles. The Balaban J connectivity index is 2.15. The van der Waals surface area contributed by atoms with Gasteiger partial charge < -0.3 is 5.32 Å². The molecule has 0 fully saturated rings. The van der Waals surface area contributed by atoms with Gasteiger partial charge >= 0.3 is 0 Å². The number of hydrogen-bond donors (Lipinski definition) is 1. The minimum absolute atomic E-state index is 0.199. The Morgan fingerprint density at radius 2 is 2.27 bits per heavy atom. The average molecular weight is 220 g/mol. The third-order valence-corrected chi connectivity index (χ3v) is 2.68. The summed E-state index contributed by atoms with van der Waals surface area (Å²) >= 11 is 1.31. The summed E-state index contributed by atoms with van der Waals surface area (Å²) in [6.07, 6.45) is 4.57. The van der Waals surface area contributed by atoms with Crippen molar-refractivity contribution in [2.75, 3.05) is 5.32 Å². The molecule has 0 aliphatic rings. The van der Waals surface area contributed by atoms with Gasteiger partial charge in [-0.15, -0.1) is 11.3 Å². The van der Waals surface area contributed by atoms with Gasteiger partial charge in [-0.25, -0.2) is 9.97 Å². The number of hydrogen-bond acceptors (Lipinski definition) is 5. The molecule has 0 aliphatic heterocycles. The Labute approximate surface area is 90.2 Å². The molecule has 0 radical (unpaired) electrons. The fourth-order valence-corrected chi connectivity index (χ4v) is 1.75. The van der Waals surface area contributed by atoms with Crippen molar-refractivity contribution in [3.63, 3.8) is 0 Å². The number of thiazole rings is 1. The first kappa shape index (κ1) is 9.72. The molecular weight excluding hydrogens is 212 g/mol. The quantitative estimate of drug-likeness (QED) is 0.832. The summed E-state index contributed by atoms with van der Waals surface area (Å²) in [6, 6.07) is 0. The van der Waals surface area contributed by atoms with Crippen LogP contribution in [0.1, 0.15) is 15.4 Å². The summed E-state index contributed by atoms with van der Waals surface area (Å²) in [4.78, 5) is 24.1. The van der Waals surface area contributed by atoms with Crippen molar-refractivity contribution < 1.29 is 4.79 Å². The van der Waals surface area contributed by atoms with E-state index in [0.717, 1.165) is 5.69 Å². The maximum atomic E-state index is 11.7. The summed E-state index contributed by atoms with van der Waals surface area (Å²) in [7, 11) is 0. The van der Waals surface area contributed by atoms with Gasteiger partial charge in [-0.3, -0.25) is 9.78 Å². The lowest BCUT2D eigenvalue weighted by Crippen LogP contribution is -2.12. The molecule has 0 unspecified atom stereocenters. The van der Waals surface area contributed by atoms with E-state index in [0.29, 0.717) is 10.7 Å². The van der Waals surface area contributed by atoms with Crippen molar-refractivity contribution in [1.82, 2.24) is 15.0 Å². The number of nitrogens with zero attached hydrogens (tertiary/aromatic N) is 3. The Bertz CT molecular complexity index is 468. The van der Waals surface area contributed by atoms with Gasteiger partial charge in [0.05, 0.1) is 17.4 Å². The Morgan fingerprint density at radius 1 is 1.40 bits per heavy atom. The normalized spacial score (nSPS) is 9.93. The van der Waals surface area contributed by atoms with Gasteiger partial charge in [-0.2, -0.15) is 0 Å². The smallest absolute Gasteiger partial charge is 0.268 e. The van der Waals surface area contributed by atoms with Crippen LogP contribution in [0.5, 0.6) is 0 Å². The molecule has 0 atom stereocenters. The monoisotopic (exact) mass is 220 g/mol. The van der Waals surface area contributed by atoms with Crippen molar-refractivity contribution in [3.8, 4) is 0 Å². The summed E-state index contributed by atoms with van der Waals surface area (Å²) in [6.45, 7) is 1.79. The first-order valence-corrected chi connectivity index (χ1v) is 5.13. The molecule has 0 spiro atoms. The van der Waals surface area contributed by atoms with Crippen molar-refractivity contribution in [1.29, 1.82) is 0 Å². The number of anilines is 1. The van der Waals surface area contributed by atoms with Crippen molar-refractivity contribution >= 4 is 23.1 Å². The first-order valence-electron chi connectivity index (χ1n) is 4.25. The highest BCUT2D eigenvalue weighted by Crippen LogP contribution is 2.13. The van der Waals surface area contributed by atoms with Crippen LogP contribution in [0.3, 0.4) is 0 Å². The fraction of sp³-hybridized carbons (Fsp3) is 0.111. The molecular formula is C9H8N4OS. The van der Waals surface area contributed by atoms with E-state index in [1.54, 1.807) is 18.6 Å². The number of carbonyl (C=O) groups is 1. The lowest BCUT2D eigenvalue weighted by atomic mass is 10.4. The third-order valence-electron chi connectivity index (χ3n) is 1.76. The lowest BCUT2D eigenvalue weighted by Gasteiger charge is -2.01. The van der Waals surface area contributed by atoms with Gasteiger partial charge in [-0.05, 0) is 6.92 Å².